The summed E-state index contributed by atoms with van der Waals surface area (Å²) in [6, 6.07) is 8.96. The second-order valence-electron chi connectivity index (χ2n) is 11.5. The topological polar surface area (TPSA) is 184 Å². The third-order valence-corrected chi connectivity index (χ3v) is 7.10. The molecule has 6 N–H and O–H groups in total. The smallest absolute Gasteiger partial charge is 0.329 e. The van der Waals surface area contributed by atoms with Crippen LogP contribution in [0.3, 0.4) is 0 Å². The number of primary amides is 1. The number of hydrogen-bond donors (Lipinski definition) is 5. The molecule has 0 unspecified atom stereocenters. The normalized spacial score (nSPS) is 17.4. The maximum atomic E-state index is 13.6. The van der Waals surface area contributed by atoms with E-state index in [0.717, 1.165) is 6.07 Å². The highest BCUT2D eigenvalue weighted by molar-refractivity contribution is 6.30. The number of halogens is 2. The molecule has 3 aromatic rings. The summed E-state index contributed by atoms with van der Waals surface area (Å²) in [5, 5.41) is 16.7. The van der Waals surface area contributed by atoms with Gasteiger partial charge in [-0.2, -0.15) is 0 Å². The van der Waals surface area contributed by atoms with E-state index in [1.165, 1.54) is 23.1 Å². The Morgan fingerprint density at radius 2 is 1.91 bits per heavy atom. The first-order valence-electron chi connectivity index (χ1n) is 13.8. The summed E-state index contributed by atoms with van der Waals surface area (Å²) in [5.41, 5.74) is 3.45. The Hall–Kier alpha value is -4.49. The average molecular weight is 630 g/mol. The van der Waals surface area contributed by atoms with E-state index in [4.69, 9.17) is 22.1 Å². The van der Waals surface area contributed by atoms with Gasteiger partial charge in [-0.3, -0.25) is 19.2 Å². The Morgan fingerprint density at radius 3 is 2.57 bits per heavy atom. The molecule has 4 amide bonds. The highest BCUT2D eigenvalue weighted by atomic mass is 35.5. The Labute approximate surface area is 257 Å². The van der Waals surface area contributed by atoms with Crippen LogP contribution in [0.4, 0.5) is 10.1 Å². The van der Waals surface area contributed by atoms with Crippen molar-refractivity contribution in [3.05, 3.63) is 64.6 Å². The zero-order valence-electron chi connectivity index (χ0n) is 24.3. The molecule has 0 bridgehead atoms. The molecule has 2 aromatic carbocycles. The number of benzene rings is 2. The van der Waals surface area contributed by atoms with Gasteiger partial charge in [0.15, 0.2) is 0 Å². The molecular formula is C30H33ClFN5O7. The van der Waals surface area contributed by atoms with Crippen molar-refractivity contribution in [2.45, 2.75) is 63.8 Å². The molecule has 2 atom stereocenters. The molecule has 2 heterocycles. The van der Waals surface area contributed by atoms with Crippen LogP contribution < -0.4 is 21.3 Å². The largest absolute Gasteiger partial charge is 0.458 e. The number of esters is 1. The molecule has 4 rings (SSSR count). The molecule has 0 saturated carbocycles. The van der Waals surface area contributed by atoms with Crippen molar-refractivity contribution in [3.8, 4) is 0 Å². The van der Waals surface area contributed by atoms with Gasteiger partial charge in [-0.25, -0.2) is 9.18 Å². The van der Waals surface area contributed by atoms with Crippen molar-refractivity contribution in [1.29, 1.82) is 0 Å². The minimum absolute atomic E-state index is 0.0370. The number of fused-ring (bicyclic) bond motifs is 1. The van der Waals surface area contributed by atoms with Crippen molar-refractivity contribution in [3.63, 3.8) is 0 Å². The van der Waals surface area contributed by atoms with E-state index >= 15 is 0 Å². The van der Waals surface area contributed by atoms with Crippen LogP contribution in [0.5, 0.6) is 0 Å². The van der Waals surface area contributed by atoms with Crippen molar-refractivity contribution in [1.82, 2.24) is 15.6 Å². The lowest BCUT2D eigenvalue weighted by molar-refractivity contribution is -0.157. The zero-order valence-corrected chi connectivity index (χ0v) is 25.1. The lowest BCUT2D eigenvalue weighted by Gasteiger charge is -2.24. The standard InChI is InChI=1S/C30H33ClFN5O7/c1-29(2,3)44-26(40)22(6-7-24(33)38)36-25(39)23-13-17-12-20(4-5-21(17)35-23)37-9-8-30(43,28(37)42)27(41)34-15-16-10-18(31)14-19(32)11-16/h4-5,10-14,22,35,43H,6-9,15H2,1-3H3,(H2,33,38)(H,34,41)(H,36,39)/t22-,30-/m0/s1. The van der Waals surface area contributed by atoms with E-state index in [1.807, 2.05) is 0 Å². The van der Waals surface area contributed by atoms with Gasteiger partial charge in [0.25, 0.3) is 17.7 Å². The summed E-state index contributed by atoms with van der Waals surface area (Å²) in [4.78, 5) is 67.3. The highest BCUT2D eigenvalue weighted by Crippen LogP contribution is 2.31. The first kappa shape index (κ1) is 32.4. The minimum atomic E-state index is -2.34. The highest BCUT2D eigenvalue weighted by Gasteiger charge is 2.51. The van der Waals surface area contributed by atoms with E-state index in [9.17, 15) is 33.5 Å². The Bertz CT molecular complexity index is 1620. The van der Waals surface area contributed by atoms with Gasteiger partial charge in [0, 0.05) is 47.5 Å². The number of aromatic nitrogens is 1. The Balaban J connectivity index is 1.46. The molecule has 14 heteroatoms. The number of nitrogens with two attached hydrogens (primary N) is 1. The fourth-order valence-electron chi connectivity index (χ4n) is 4.76. The predicted octanol–water partition coefficient (Wildman–Crippen LogP) is 2.45. The molecule has 1 aliphatic heterocycles. The number of hydrogen-bond acceptors (Lipinski definition) is 7. The summed E-state index contributed by atoms with van der Waals surface area (Å²) in [7, 11) is 0. The quantitative estimate of drug-likeness (QED) is 0.168. The summed E-state index contributed by atoms with van der Waals surface area (Å²) in [6.07, 6.45) is -0.380. The van der Waals surface area contributed by atoms with Crippen molar-refractivity contribution in [2.24, 2.45) is 5.73 Å². The van der Waals surface area contributed by atoms with E-state index in [2.05, 4.69) is 15.6 Å². The minimum Gasteiger partial charge on any atom is -0.458 e. The van der Waals surface area contributed by atoms with Crippen LogP contribution in [0.25, 0.3) is 10.9 Å². The molecule has 44 heavy (non-hydrogen) atoms. The molecule has 234 valence electrons. The van der Waals surface area contributed by atoms with Crippen LogP contribution in [0.2, 0.25) is 5.02 Å². The summed E-state index contributed by atoms with van der Waals surface area (Å²) in [6.45, 7) is 4.91. The van der Waals surface area contributed by atoms with Gasteiger partial charge in [-0.1, -0.05) is 11.6 Å². The first-order valence-corrected chi connectivity index (χ1v) is 14.2. The summed E-state index contributed by atoms with van der Waals surface area (Å²) >= 11 is 5.85. The number of rotatable bonds is 10. The van der Waals surface area contributed by atoms with E-state index < -0.39 is 52.7 Å². The number of carbonyl (C=O) groups is 5. The van der Waals surface area contributed by atoms with Gasteiger partial charge in [0.1, 0.15) is 23.2 Å². The van der Waals surface area contributed by atoms with E-state index in [1.54, 1.807) is 39.0 Å². The number of anilines is 1. The van der Waals surface area contributed by atoms with Crippen LogP contribution >= 0.6 is 11.6 Å². The average Bonchev–Trinajstić information content (AvgIpc) is 3.48. The van der Waals surface area contributed by atoms with Gasteiger partial charge in [0.05, 0.1) is 0 Å². The van der Waals surface area contributed by atoms with Gasteiger partial charge in [-0.15, -0.1) is 0 Å². The summed E-state index contributed by atoms with van der Waals surface area (Å²) in [5.74, 6) is -4.34. The van der Waals surface area contributed by atoms with Gasteiger partial charge >= 0.3 is 5.97 Å². The number of aromatic amines is 1. The molecule has 0 spiro atoms. The maximum Gasteiger partial charge on any atom is 0.329 e. The Kier molecular flexibility index (Phi) is 9.30. The molecule has 1 saturated heterocycles. The third kappa shape index (κ3) is 7.53. The molecule has 0 radical (unpaired) electrons. The number of amides is 4. The van der Waals surface area contributed by atoms with Gasteiger partial charge in [0.2, 0.25) is 11.5 Å². The lowest BCUT2D eigenvalue weighted by atomic mass is 10.0. The van der Waals surface area contributed by atoms with Gasteiger partial charge < -0.3 is 36.1 Å². The molecule has 0 aliphatic carbocycles. The number of nitrogens with zero attached hydrogens (tertiary/aromatic N) is 1. The van der Waals surface area contributed by atoms with Crippen molar-refractivity contribution < 1.29 is 38.2 Å². The number of ether oxygens (including phenoxy) is 1. The maximum absolute atomic E-state index is 13.6. The second kappa shape index (κ2) is 12.6. The Morgan fingerprint density at radius 1 is 1.18 bits per heavy atom. The number of H-pyrrole nitrogens is 1. The third-order valence-electron chi connectivity index (χ3n) is 6.88. The molecule has 1 fully saturated rings. The molecule has 1 aromatic heterocycles. The van der Waals surface area contributed by atoms with E-state index in [0.29, 0.717) is 22.2 Å². The first-order chi connectivity index (χ1) is 20.6. The van der Waals surface area contributed by atoms with E-state index in [-0.39, 0.29) is 43.1 Å². The van der Waals surface area contributed by atoms with Crippen LogP contribution in [-0.4, -0.2) is 63.5 Å². The van der Waals surface area contributed by atoms with Crippen LogP contribution in [-0.2, 0) is 30.5 Å². The zero-order chi connectivity index (χ0) is 32.4. The van der Waals surface area contributed by atoms with Crippen molar-refractivity contribution >= 4 is 57.8 Å². The number of aliphatic hydroxyl groups is 1. The van der Waals surface area contributed by atoms with Gasteiger partial charge in [-0.05, 0) is 75.2 Å². The van der Waals surface area contributed by atoms with Crippen molar-refractivity contribution in [2.75, 3.05) is 11.4 Å². The van der Waals surface area contributed by atoms with Crippen LogP contribution in [0.1, 0.15) is 56.1 Å². The van der Waals surface area contributed by atoms with Crippen LogP contribution in [0, 0.1) is 5.82 Å². The number of nitrogens with one attached hydrogen (secondary N) is 3. The fourth-order valence-corrected chi connectivity index (χ4v) is 5.00. The molecule has 1 aliphatic rings. The van der Waals surface area contributed by atoms with Crippen LogP contribution in [0.15, 0.2) is 42.5 Å². The fraction of sp³-hybridized carbons (Fsp3) is 0.367. The molecule has 12 nitrogen and oxygen atoms in total. The summed E-state index contributed by atoms with van der Waals surface area (Å²) < 4.78 is 19.0. The SMILES string of the molecule is CC(C)(C)OC(=O)[C@H](CCC(N)=O)NC(=O)c1cc2cc(N3CC[C@](O)(C(=O)NCc4cc(F)cc(Cl)c4)C3=O)ccc2[nH]1. The monoisotopic (exact) mass is 629 g/mol. The second-order valence-corrected chi connectivity index (χ2v) is 12.0. The lowest BCUT2D eigenvalue weighted by Crippen LogP contribution is -2.52. The molecular weight excluding hydrogens is 597 g/mol. The number of carbonyl (C=O) groups excluding carboxylic acids is 5. The predicted molar refractivity (Wildman–Crippen MR) is 159 cm³/mol.